The summed E-state index contributed by atoms with van der Waals surface area (Å²) in [6, 6.07) is 0. The standard InChI is InChI=1S/C9H12ClN5O/c1-6(4-16-2)3-15-9-7(13-14-15)8(10)11-5-12-9/h5-6H,3-4H2,1-2H3. The molecule has 0 aliphatic rings. The summed E-state index contributed by atoms with van der Waals surface area (Å²) >= 11 is 5.88. The van der Waals surface area contributed by atoms with Crippen LogP contribution in [0.4, 0.5) is 0 Å². The SMILES string of the molecule is COCC(C)Cn1nnc2c(Cl)ncnc21. The van der Waals surface area contributed by atoms with Crippen LogP contribution in [0.5, 0.6) is 0 Å². The average molecular weight is 242 g/mol. The average Bonchev–Trinajstić information content (AvgIpc) is 2.64. The van der Waals surface area contributed by atoms with E-state index in [0.717, 1.165) is 0 Å². The molecule has 0 saturated carbocycles. The van der Waals surface area contributed by atoms with Crippen molar-refractivity contribution in [3.8, 4) is 0 Å². The third-order valence-corrected chi connectivity index (χ3v) is 2.47. The van der Waals surface area contributed by atoms with Crippen molar-refractivity contribution in [3.63, 3.8) is 0 Å². The minimum absolute atomic E-state index is 0.329. The Bertz CT molecular complexity index is 486. The largest absolute Gasteiger partial charge is 0.384 e. The number of hydrogen-bond acceptors (Lipinski definition) is 5. The van der Waals surface area contributed by atoms with E-state index < -0.39 is 0 Å². The Morgan fingerprint density at radius 1 is 1.50 bits per heavy atom. The highest BCUT2D eigenvalue weighted by molar-refractivity contribution is 6.33. The molecule has 1 unspecified atom stereocenters. The maximum atomic E-state index is 5.88. The summed E-state index contributed by atoms with van der Waals surface area (Å²) < 4.78 is 6.78. The molecule has 2 rings (SSSR count). The van der Waals surface area contributed by atoms with Crippen LogP contribution in [0.25, 0.3) is 11.2 Å². The second kappa shape index (κ2) is 4.71. The third-order valence-electron chi connectivity index (χ3n) is 2.19. The highest BCUT2D eigenvalue weighted by atomic mass is 35.5. The molecule has 0 aliphatic carbocycles. The van der Waals surface area contributed by atoms with Gasteiger partial charge in [0.15, 0.2) is 16.3 Å². The smallest absolute Gasteiger partial charge is 0.183 e. The van der Waals surface area contributed by atoms with Crippen LogP contribution in [0.1, 0.15) is 6.92 Å². The van der Waals surface area contributed by atoms with Crippen molar-refractivity contribution in [2.75, 3.05) is 13.7 Å². The van der Waals surface area contributed by atoms with E-state index in [9.17, 15) is 0 Å². The molecule has 0 spiro atoms. The molecule has 0 aliphatic heterocycles. The molecule has 2 aromatic heterocycles. The minimum Gasteiger partial charge on any atom is -0.384 e. The number of rotatable bonds is 4. The van der Waals surface area contributed by atoms with E-state index >= 15 is 0 Å². The van der Waals surface area contributed by atoms with Gasteiger partial charge < -0.3 is 4.74 Å². The highest BCUT2D eigenvalue weighted by Crippen LogP contribution is 2.16. The molecule has 0 saturated heterocycles. The van der Waals surface area contributed by atoms with Crippen LogP contribution >= 0.6 is 11.6 Å². The topological polar surface area (TPSA) is 65.7 Å². The fraction of sp³-hybridized carbons (Fsp3) is 0.556. The number of nitrogens with zero attached hydrogens (tertiary/aromatic N) is 5. The Morgan fingerprint density at radius 2 is 2.31 bits per heavy atom. The lowest BCUT2D eigenvalue weighted by molar-refractivity contribution is 0.149. The van der Waals surface area contributed by atoms with Gasteiger partial charge in [-0.15, -0.1) is 5.10 Å². The summed E-state index contributed by atoms with van der Waals surface area (Å²) in [4.78, 5) is 7.97. The van der Waals surface area contributed by atoms with Gasteiger partial charge in [0.2, 0.25) is 0 Å². The van der Waals surface area contributed by atoms with E-state index in [1.54, 1.807) is 11.8 Å². The van der Waals surface area contributed by atoms with Gasteiger partial charge >= 0.3 is 0 Å². The van der Waals surface area contributed by atoms with Crippen LogP contribution in [0, 0.1) is 5.92 Å². The lowest BCUT2D eigenvalue weighted by Crippen LogP contribution is -2.14. The van der Waals surface area contributed by atoms with E-state index in [1.807, 2.05) is 0 Å². The number of aromatic nitrogens is 5. The second-order valence-corrected chi connectivity index (χ2v) is 4.03. The molecular weight excluding hydrogens is 230 g/mol. The van der Waals surface area contributed by atoms with Gasteiger partial charge in [-0.1, -0.05) is 23.7 Å². The normalized spacial score (nSPS) is 13.2. The Morgan fingerprint density at radius 3 is 3.06 bits per heavy atom. The van der Waals surface area contributed by atoms with Gasteiger partial charge in [-0.05, 0) is 5.92 Å². The molecule has 7 heteroatoms. The summed E-state index contributed by atoms with van der Waals surface area (Å²) in [6.07, 6.45) is 1.41. The molecular formula is C9H12ClN5O. The summed E-state index contributed by atoms with van der Waals surface area (Å²) in [7, 11) is 1.68. The molecule has 86 valence electrons. The monoisotopic (exact) mass is 241 g/mol. The molecule has 2 heterocycles. The van der Waals surface area contributed by atoms with Crippen molar-refractivity contribution in [1.29, 1.82) is 0 Å². The van der Waals surface area contributed by atoms with Crippen molar-refractivity contribution in [3.05, 3.63) is 11.5 Å². The van der Waals surface area contributed by atoms with Gasteiger partial charge in [0.05, 0.1) is 6.61 Å². The van der Waals surface area contributed by atoms with Crippen LogP contribution < -0.4 is 0 Å². The molecule has 2 aromatic rings. The molecule has 0 N–H and O–H groups in total. The first kappa shape index (κ1) is 11.2. The van der Waals surface area contributed by atoms with Crippen LogP contribution in [0.15, 0.2) is 6.33 Å². The van der Waals surface area contributed by atoms with E-state index in [1.165, 1.54) is 6.33 Å². The number of fused-ring (bicyclic) bond motifs is 1. The van der Waals surface area contributed by atoms with E-state index in [-0.39, 0.29) is 0 Å². The van der Waals surface area contributed by atoms with Gasteiger partial charge in [0.1, 0.15) is 6.33 Å². The molecule has 0 fully saturated rings. The molecule has 16 heavy (non-hydrogen) atoms. The molecule has 0 amide bonds. The zero-order valence-corrected chi connectivity index (χ0v) is 9.85. The first-order valence-electron chi connectivity index (χ1n) is 4.91. The van der Waals surface area contributed by atoms with Crippen molar-refractivity contribution in [2.45, 2.75) is 13.5 Å². The fourth-order valence-corrected chi connectivity index (χ4v) is 1.69. The zero-order chi connectivity index (χ0) is 11.5. The lowest BCUT2D eigenvalue weighted by atomic mass is 10.2. The summed E-state index contributed by atoms with van der Waals surface area (Å²) in [5, 5.41) is 8.28. The van der Waals surface area contributed by atoms with Crippen LogP contribution in [0.2, 0.25) is 5.15 Å². The van der Waals surface area contributed by atoms with Gasteiger partial charge in [-0.3, -0.25) is 0 Å². The Kier molecular flexibility index (Phi) is 3.31. The number of hydrogen-bond donors (Lipinski definition) is 0. The fourth-order valence-electron chi connectivity index (χ4n) is 1.52. The van der Waals surface area contributed by atoms with E-state index in [4.69, 9.17) is 16.3 Å². The minimum atomic E-state index is 0.329. The molecule has 0 radical (unpaired) electrons. The highest BCUT2D eigenvalue weighted by Gasteiger charge is 2.12. The Hall–Kier alpha value is -1.27. The van der Waals surface area contributed by atoms with E-state index in [0.29, 0.717) is 35.4 Å². The van der Waals surface area contributed by atoms with Gasteiger partial charge in [-0.2, -0.15) is 0 Å². The molecule has 0 bridgehead atoms. The maximum Gasteiger partial charge on any atom is 0.183 e. The van der Waals surface area contributed by atoms with Crippen molar-refractivity contribution >= 4 is 22.8 Å². The number of ether oxygens (including phenoxy) is 1. The predicted octanol–water partition coefficient (Wildman–Crippen LogP) is 1.16. The predicted molar refractivity (Wildman–Crippen MR) is 59.2 cm³/mol. The van der Waals surface area contributed by atoms with Crippen LogP contribution in [-0.2, 0) is 11.3 Å². The first-order chi connectivity index (χ1) is 7.72. The number of halogens is 1. The Labute approximate surface area is 97.6 Å². The van der Waals surface area contributed by atoms with Crippen LogP contribution in [0.3, 0.4) is 0 Å². The number of methoxy groups -OCH3 is 1. The molecule has 1 atom stereocenters. The van der Waals surface area contributed by atoms with Crippen molar-refractivity contribution in [2.24, 2.45) is 5.92 Å². The molecule has 0 aromatic carbocycles. The summed E-state index contributed by atoms with van der Waals surface area (Å²) in [5.74, 6) is 0.337. The summed E-state index contributed by atoms with van der Waals surface area (Å²) in [6.45, 7) is 3.43. The van der Waals surface area contributed by atoms with Crippen LogP contribution in [-0.4, -0.2) is 38.7 Å². The van der Waals surface area contributed by atoms with E-state index in [2.05, 4.69) is 27.2 Å². The van der Waals surface area contributed by atoms with Gasteiger partial charge in [-0.25, -0.2) is 14.6 Å². The van der Waals surface area contributed by atoms with Crippen molar-refractivity contribution in [1.82, 2.24) is 25.0 Å². The maximum absolute atomic E-state index is 5.88. The quantitative estimate of drug-likeness (QED) is 0.752. The Balaban J connectivity index is 2.28. The van der Waals surface area contributed by atoms with Crippen molar-refractivity contribution < 1.29 is 4.74 Å². The second-order valence-electron chi connectivity index (χ2n) is 3.67. The van der Waals surface area contributed by atoms with Gasteiger partial charge in [0.25, 0.3) is 0 Å². The molecule has 6 nitrogen and oxygen atoms in total. The zero-order valence-electron chi connectivity index (χ0n) is 9.09. The van der Waals surface area contributed by atoms with Gasteiger partial charge in [0, 0.05) is 13.7 Å². The first-order valence-corrected chi connectivity index (χ1v) is 5.28. The lowest BCUT2D eigenvalue weighted by Gasteiger charge is -2.09. The summed E-state index contributed by atoms with van der Waals surface area (Å²) in [5.41, 5.74) is 1.19. The third kappa shape index (κ3) is 2.12.